The molecule has 0 radical (unpaired) electrons. The van der Waals surface area contributed by atoms with Gasteiger partial charge in [-0.25, -0.2) is 0 Å². The van der Waals surface area contributed by atoms with Gasteiger partial charge in [0.05, 0.1) is 0 Å². The number of ether oxygens (including phenoxy) is 3. The highest BCUT2D eigenvalue weighted by atomic mass is 16.6. The minimum Gasteiger partial charge on any atom is -0.462 e. The fourth-order valence-electron chi connectivity index (χ4n) is 8.97. The first-order valence-corrected chi connectivity index (χ1v) is 30.6. The van der Waals surface area contributed by atoms with Crippen LogP contribution in [0.2, 0.25) is 0 Å². The lowest BCUT2D eigenvalue weighted by Gasteiger charge is -2.18. The highest BCUT2D eigenvalue weighted by Crippen LogP contribution is 2.17. The second kappa shape index (κ2) is 58.9. The van der Waals surface area contributed by atoms with Gasteiger partial charge in [0.25, 0.3) is 0 Å². The smallest absolute Gasteiger partial charge is 0.306 e. The Morgan fingerprint density at radius 2 is 0.529 bits per heavy atom. The van der Waals surface area contributed by atoms with Crippen LogP contribution in [0.5, 0.6) is 0 Å². The Balaban J connectivity index is 4.40. The van der Waals surface area contributed by atoms with Crippen LogP contribution in [-0.2, 0) is 28.6 Å². The molecule has 0 aliphatic carbocycles. The van der Waals surface area contributed by atoms with Gasteiger partial charge in [0.2, 0.25) is 0 Å². The molecule has 0 aromatic carbocycles. The van der Waals surface area contributed by atoms with E-state index in [2.05, 4.69) is 69.4 Å². The van der Waals surface area contributed by atoms with Crippen LogP contribution in [0, 0.1) is 0 Å². The van der Waals surface area contributed by atoms with Crippen molar-refractivity contribution in [3.8, 4) is 0 Å². The molecule has 0 saturated heterocycles. The molecule has 0 aliphatic rings. The van der Waals surface area contributed by atoms with Gasteiger partial charge in [-0.1, -0.05) is 294 Å². The van der Waals surface area contributed by atoms with Crippen molar-refractivity contribution in [3.63, 3.8) is 0 Å². The lowest BCUT2D eigenvalue weighted by Crippen LogP contribution is -2.30. The minimum atomic E-state index is -0.798. The van der Waals surface area contributed by atoms with E-state index < -0.39 is 6.10 Å². The molecule has 0 N–H and O–H groups in total. The Bertz CT molecular complexity index is 1220. The average Bonchev–Trinajstić information content (AvgIpc) is 3.36. The number of carbonyl (C=O) groups excluding carboxylic acids is 3. The van der Waals surface area contributed by atoms with E-state index in [9.17, 15) is 14.4 Å². The monoisotopic (exact) mass is 981 g/mol. The molecular formula is C64H116O6. The lowest BCUT2D eigenvalue weighted by atomic mass is 10.0. The van der Waals surface area contributed by atoms with E-state index in [1.54, 1.807) is 0 Å². The van der Waals surface area contributed by atoms with Crippen molar-refractivity contribution in [2.45, 2.75) is 329 Å². The van der Waals surface area contributed by atoms with Crippen molar-refractivity contribution in [1.82, 2.24) is 0 Å². The average molecular weight is 982 g/mol. The first-order valence-electron chi connectivity index (χ1n) is 30.6. The van der Waals surface area contributed by atoms with E-state index in [1.165, 1.54) is 212 Å². The van der Waals surface area contributed by atoms with Crippen LogP contribution >= 0.6 is 0 Å². The van der Waals surface area contributed by atoms with Crippen LogP contribution in [0.1, 0.15) is 323 Å². The normalized spacial score (nSPS) is 12.3. The van der Waals surface area contributed by atoms with E-state index in [4.69, 9.17) is 14.2 Å². The van der Waals surface area contributed by atoms with E-state index >= 15 is 0 Å². The molecule has 0 fully saturated rings. The Morgan fingerprint density at radius 1 is 0.286 bits per heavy atom. The second-order valence-corrected chi connectivity index (χ2v) is 20.6. The van der Waals surface area contributed by atoms with Crippen molar-refractivity contribution in [1.29, 1.82) is 0 Å². The summed E-state index contributed by atoms with van der Waals surface area (Å²) in [7, 11) is 0. The fraction of sp³-hybridized carbons (Fsp3) is 0.828. The van der Waals surface area contributed by atoms with Crippen LogP contribution in [-0.4, -0.2) is 37.2 Å². The molecule has 408 valence electrons. The van der Waals surface area contributed by atoms with Gasteiger partial charge in [-0.2, -0.15) is 0 Å². The fourth-order valence-corrected chi connectivity index (χ4v) is 8.97. The largest absolute Gasteiger partial charge is 0.462 e. The molecule has 1 atom stereocenters. The molecule has 0 aromatic heterocycles. The number of esters is 3. The van der Waals surface area contributed by atoms with Gasteiger partial charge in [-0.3, -0.25) is 14.4 Å². The number of unbranched alkanes of at least 4 members (excludes halogenated alkanes) is 37. The molecule has 70 heavy (non-hydrogen) atoms. The van der Waals surface area contributed by atoms with E-state index in [0.717, 1.165) is 64.2 Å². The Kier molecular flexibility index (Phi) is 56.7. The Morgan fingerprint density at radius 3 is 0.843 bits per heavy atom. The molecule has 0 saturated carbocycles. The maximum absolute atomic E-state index is 12.9. The number of hydrogen-bond donors (Lipinski definition) is 0. The van der Waals surface area contributed by atoms with Gasteiger partial charge in [0.1, 0.15) is 13.2 Å². The SMILES string of the molecule is CCCCC/C=C\C/C=C\C/C=C\C/C=C\CCCC(=O)O[C@H](COC(=O)CCCCCCCCCCCCCCCCCCC)COC(=O)CCCCCCCCCCCCCCCCCCCC. The summed E-state index contributed by atoms with van der Waals surface area (Å²) in [4.78, 5) is 38.2. The van der Waals surface area contributed by atoms with Crippen LogP contribution in [0.4, 0.5) is 0 Å². The molecule has 0 bridgehead atoms. The van der Waals surface area contributed by atoms with Crippen molar-refractivity contribution < 1.29 is 28.6 Å². The molecule has 6 heteroatoms. The lowest BCUT2D eigenvalue weighted by molar-refractivity contribution is -0.167. The zero-order chi connectivity index (χ0) is 50.7. The first kappa shape index (κ1) is 67.4. The van der Waals surface area contributed by atoms with Gasteiger partial charge in [0.15, 0.2) is 6.10 Å². The van der Waals surface area contributed by atoms with Gasteiger partial charge in [0, 0.05) is 19.3 Å². The van der Waals surface area contributed by atoms with Crippen LogP contribution in [0.15, 0.2) is 48.6 Å². The number of rotatable bonds is 56. The quantitative estimate of drug-likeness (QED) is 0.0261. The molecular weight excluding hydrogens is 865 g/mol. The van der Waals surface area contributed by atoms with Crippen LogP contribution in [0.3, 0.4) is 0 Å². The summed E-state index contributed by atoms with van der Waals surface area (Å²) in [5.74, 6) is -0.926. The number of hydrogen-bond acceptors (Lipinski definition) is 6. The minimum absolute atomic E-state index is 0.0901. The Labute approximate surface area is 435 Å². The van der Waals surface area contributed by atoms with Gasteiger partial charge < -0.3 is 14.2 Å². The molecule has 0 unspecified atom stereocenters. The van der Waals surface area contributed by atoms with Crippen LogP contribution in [0.25, 0.3) is 0 Å². The number of carbonyl (C=O) groups is 3. The molecule has 6 nitrogen and oxygen atoms in total. The highest BCUT2D eigenvalue weighted by molar-refractivity contribution is 5.71. The molecule has 0 rings (SSSR count). The van der Waals surface area contributed by atoms with Gasteiger partial charge in [-0.05, 0) is 57.8 Å². The second-order valence-electron chi connectivity index (χ2n) is 20.6. The third-order valence-corrected chi connectivity index (χ3v) is 13.6. The predicted octanol–water partition coefficient (Wildman–Crippen LogP) is 20.6. The summed E-state index contributed by atoms with van der Waals surface area (Å²) in [5.41, 5.74) is 0. The predicted molar refractivity (Wildman–Crippen MR) is 302 cm³/mol. The van der Waals surface area contributed by atoms with Crippen molar-refractivity contribution >= 4 is 17.9 Å². The van der Waals surface area contributed by atoms with E-state index in [0.29, 0.717) is 19.3 Å². The van der Waals surface area contributed by atoms with Crippen LogP contribution < -0.4 is 0 Å². The van der Waals surface area contributed by atoms with E-state index in [1.807, 2.05) is 0 Å². The molecule has 0 aromatic rings. The summed E-state index contributed by atoms with van der Waals surface area (Å²) in [6.45, 7) is 6.62. The first-order chi connectivity index (χ1) is 34.5. The van der Waals surface area contributed by atoms with Crippen molar-refractivity contribution in [2.75, 3.05) is 13.2 Å². The van der Waals surface area contributed by atoms with Crippen molar-refractivity contribution in [3.05, 3.63) is 48.6 Å². The van der Waals surface area contributed by atoms with Gasteiger partial charge in [-0.15, -0.1) is 0 Å². The highest BCUT2D eigenvalue weighted by Gasteiger charge is 2.19. The zero-order valence-corrected chi connectivity index (χ0v) is 46.8. The summed E-state index contributed by atoms with van der Waals surface area (Å²) < 4.78 is 16.9. The summed E-state index contributed by atoms with van der Waals surface area (Å²) in [6.07, 6.45) is 72.6. The van der Waals surface area contributed by atoms with E-state index in [-0.39, 0.29) is 37.5 Å². The summed E-state index contributed by atoms with van der Waals surface area (Å²) in [6, 6.07) is 0. The third-order valence-electron chi connectivity index (χ3n) is 13.6. The molecule has 0 heterocycles. The maximum atomic E-state index is 12.9. The topological polar surface area (TPSA) is 78.9 Å². The van der Waals surface area contributed by atoms with Gasteiger partial charge >= 0.3 is 17.9 Å². The third kappa shape index (κ3) is 56.3. The molecule has 0 aliphatic heterocycles. The number of allylic oxidation sites excluding steroid dienone is 8. The molecule has 0 amide bonds. The summed E-state index contributed by atoms with van der Waals surface area (Å²) >= 11 is 0. The summed E-state index contributed by atoms with van der Waals surface area (Å²) in [5, 5.41) is 0. The molecule has 0 spiro atoms. The van der Waals surface area contributed by atoms with Crippen molar-refractivity contribution in [2.24, 2.45) is 0 Å². The Hall–Kier alpha value is -2.63. The maximum Gasteiger partial charge on any atom is 0.306 e. The standard InChI is InChI=1S/C64H116O6/c1-4-7-10-13-16-19-22-25-28-31-34-36-39-42-45-48-51-54-57-63(66)69-60-61(70-64(67)58-55-52-49-46-43-40-37-33-30-27-24-21-18-15-12-9-6-3)59-68-62(65)56-53-50-47-44-41-38-35-32-29-26-23-20-17-14-11-8-5-2/h18,21,27,30,37,40,46,49,61H,4-17,19-20,22-26,28-29,31-36,38-39,41-45,47-48,50-60H2,1-3H3/b21-18-,30-27-,40-37-,49-46-/t61-/m1/s1. The zero-order valence-electron chi connectivity index (χ0n) is 46.8.